The Morgan fingerprint density at radius 1 is 1.33 bits per heavy atom. The highest BCUT2D eigenvalue weighted by atomic mass is 16.2. The van der Waals surface area contributed by atoms with Gasteiger partial charge in [0.15, 0.2) is 0 Å². The van der Waals surface area contributed by atoms with Gasteiger partial charge in [-0.1, -0.05) is 30.3 Å². The third-order valence-corrected chi connectivity index (χ3v) is 2.01. The molecular weight excluding hydrogens is 192 g/mol. The number of amides is 2. The first-order chi connectivity index (χ1) is 7.09. The minimum Gasteiger partial charge on any atom is -0.368 e. The maximum Gasteiger partial charge on any atom is 0.239 e. The average molecular weight is 206 g/mol. The molecule has 0 bridgehead atoms. The largest absolute Gasteiger partial charge is 0.368 e. The highest BCUT2D eigenvalue weighted by Crippen LogP contribution is 1.99. The van der Waals surface area contributed by atoms with Gasteiger partial charge in [0, 0.05) is 0 Å². The molecule has 1 aromatic rings. The van der Waals surface area contributed by atoms with Gasteiger partial charge in [0.05, 0.1) is 6.42 Å². The number of benzene rings is 1. The van der Waals surface area contributed by atoms with Crippen LogP contribution in [0.25, 0.3) is 0 Å². The van der Waals surface area contributed by atoms with E-state index in [4.69, 9.17) is 5.73 Å². The molecule has 0 aliphatic heterocycles. The van der Waals surface area contributed by atoms with Crippen LogP contribution in [-0.2, 0) is 16.0 Å². The number of hydrogen-bond acceptors (Lipinski definition) is 2. The van der Waals surface area contributed by atoms with Crippen LogP contribution in [0, 0.1) is 0 Å². The quantitative estimate of drug-likeness (QED) is 0.739. The fourth-order valence-electron chi connectivity index (χ4n) is 1.14. The van der Waals surface area contributed by atoms with Crippen molar-refractivity contribution >= 4 is 11.8 Å². The van der Waals surface area contributed by atoms with Gasteiger partial charge in [0.25, 0.3) is 0 Å². The number of primary amides is 1. The van der Waals surface area contributed by atoms with Crippen molar-refractivity contribution < 1.29 is 9.59 Å². The molecule has 4 heteroatoms. The van der Waals surface area contributed by atoms with E-state index in [0.717, 1.165) is 5.56 Å². The van der Waals surface area contributed by atoms with Crippen LogP contribution in [0.4, 0.5) is 0 Å². The highest BCUT2D eigenvalue weighted by Gasteiger charge is 2.11. The third kappa shape index (κ3) is 3.81. The molecule has 0 unspecified atom stereocenters. The lowest BCUT2D eigenvalue weighted by molar-refractivity contribution is -0.126. The predicted octanol–water partition coefficient (Wildman–Crippen LogP) is 0.219. The van der Waals surface area contributed by atoms with Gasteiger partial charge in [-0.25, -0.2) is 0 Å². The van der Waals surface area contributed by atoms with Crippen molar-refractivity contribution in [1.29, 1.82) is 0 Å². The van der Waals surface area contributed by atoms with E-state index in [1.54, 1.807) is 6.92 Å². The fourth-order valence-corrected chi connectivity index (χ4v) is 1.14. The molecule has 80 valence electrons. The summed E-state index contributed by atoms with van der Waals surface area (Å²) in [5, 5.41) is 2.51. The molecular formula is C11H14N2O2. The van der Waals surface area contributed by atoms with E-state index in [9.17, 15) is 9.59 Å². The Hall–Kier alpha value is -1.84. The van der Waals surface area contributed by atoms with E-state index < -0.39 is 11.9 Å². The van der Waals surface area contributed by atoms with Crippen LogP contribution in [0.3, 0.4) is 0 Å². The Labute approximate surface area is 88.5 Å². The van der Waals surface area contributed by atoms with E-state index >= 15 is 0 Å². The summed E-state index contributed by atoms with van der Waals surface area (Å²) >= 11 is 0. The monoisotopic (exact) mass is 206 g/mol. The normalized spacial score (nSPS) is 11.8. The lowest BCUT2D eigenvalue weighted by Crippen LogP contribution is -2.42. The molecule has 3 N–H and O–H groups in total. The number of nitrogens with one attached hydrogen (secondary N) is 1. The summed E-state index contributed by atoms with van der Waals surface area (Å²) in [5.41, 5.74) is 5.93. The zero-order valence-corrected chi connectivity index (χ0v) is 8.57. The lowest BCUT2D eigenvalue weighted by atomic mass is 10.1. The molecule has 0 aromatic heterocycles. The van der Waals surface area contributed by atoms with Gasteiger partial charge < -0.3 is 11.1 Å². The molecule has 15 heavy (non-hydrogen) atoms. The minimum atomic E-state index is -0.624. The van der Waals surface area contributed by atoms with Gasteiger partial charge >= 0.3 is 0 Å². The van der Waals surface area contributed by atoms with Gasteiger partial charge in [-0.05, 0) is 12.5 Å². The predicted molar refractivity (Wildman–Crippen MR) is 56.9 cm³/mol. The average Bonchev–Trinajstić information content (AvgIpc) is 2.18. The Morgan fingerprint density at radius 3 is 2.47 bits per heavy atom. The van der Waals surface area contributed by atoms with Crippen molar-refractivity contribution in [3.63, 3.8) is 0 Å². The number of carbonyl (C=O) groups excluding carboxylic acids is 2. The second-order valence-electron chi connectivity index (χ2n) is 3.35. The summed E-state index contributed by atoms with van der Waals surface area (Å²) in [6.45, 7) is 1.56. The van der Waals surface area contributed by atoms with E-state index in [1.165, 1.54) is 0 Å². The molecule has 2 amide bonds. The zero-order chi connectivity index (χ0) is 11.3. The first kappa shape index (κ1) is 11.2. The highest BCUT2D eigenvalue weighted by molar-refractivity contribution is 5.87. The Balaban J connectivity index is 2.47. The summed E-state index contributed by atoms with van der Waals surface area (Å²) < 4.78 is 0. The van der Waals surface area contributed by atoms with Crippen LogP contribution >= 0.6 is 0 Å². The lowest BCUT2D eigenvalue weighted by Gasteiger charge is -2.09. The second kappa shape index (κ2) is 5.14. The number of nitrogens with two attached hydrogens (primary N) is 1. The molecule has 1 rings (SSSR count). The Kier molecular flexibility index (Phi) is 3.85. The summed E-state index contributed by atoms with van der Waals surface area (Å²) in [6.07, 6.45) is 0.262. The van der Waals surface area contributed by atoms with Crippen LogP contribution in [-0.4, -0.2) is 17.9 Å². The third-order valence-electron chi connectivity index (χ3n) is 2.01. The molecule has 0 radical (unpaired) electrons. The van der Waals surface area contributed by atoms with Crippen molar-refractivity contribution in [3.8, 4) is 0 Å². The van der Waals surface area contributed by atoms with Crippen LogP contribution < -0.4 is 11.1 Å². The van der Waals surface area contributed by atoms with Crippen molar-refractivity contribution in [1.82, 2.24) is 5.32 Å². The van der Waals surface area contributed by atoms with E-state index in [1.807, 2.05) is 30.3 Å². The summed E-state index contributed by atoms with van der Waals surface area (Å²) in [6, 6.07) is 8.69. The summed E-state index contributed by atoms with van der Waals surface area (Å²) in [5.74, 6) is -0.732. The molecule has 0 spiro atoms. The SMILES string of the molecule is C[C@@H](NC(=O)Cc1ccccc1)C(N)=O. The molecule has 0 saturated heterocycles. The first-order valence-corrected chi connectivity index (χ1v) is 4.72. The van der Waals surface area contributed by atoms with Gasteiger partial charge in [-0.15, -0.1) is 0 Å². The molecule has 0 aliphatic carbocycles. The van der Waals surface area contributed by atoms with Crippen LogP contribution in [0.5, 0.6) is 0 Å². The fraction of sp³-hybridized carbons (Fsp3) is 0.273. The molecule has 0 saturated carbocycles. The smallest absolute Gasteiger partial charge is 0.239 e. The van der Waals surface area contributed by atoms with Gasteiger partial charge in [-0.3, -0.25) is 9.59 Å². The van der Waals surface area contributed by atoms with Crippen LogP contribution in [0.2, 0.25) is 0 Å². The van der Waals surface area contributed by atoms with Gasteiger partial charge in [-0.2, -0.15) is 0 Å². The van der Waals surface area contributed by atoms with E-state index in [-0.39, 0.29) is 12.3 Å². The number of hydrogen-bond donors (Lipinski definition) is 2. The van der Waals surface area contributed by atoms with Gasteiger partial charge in [0.2, 0.25) is 11.8 Å². The van der Waals surface area contributed by atoms with E-state index in [2.05, 4.69) is 5.32 Å². The van der Waals surface area contributed by atoms with Gasteiger partial charge in [0.1, 0.15) is 6.04 Å². The minimum absolute atomic E-state index is 0.201. The zero-order valence-electron chi connectivity index (χ0n) is 8.57. The molecule has 4 nitrogen and oxygen atoms in total. The maximum atomic E-state index is 11.4. The molecule has 1 aromatic carbocycles. The maximum absolute atomic E-state index is 11.4. The van der Waals surface area contributed by atoms with Crippen LogP contribution in [0.1, 0.15) is 12.5 Å². The topological polar surface area (TPSA) is 72.2 Å². The summed E-state index contributed by atoms with van der Waals surface area (Å²) in [7, 11) is 0. The molecule has 0 aliphatic rings. The Bertz CT molecular complexity index is 349. The summed E-state index contributed by atoms with van der Waals surface area (Å²) in [4.78, 5) is 22.1. The first-order valence-electron chi connectivity index (χ1n) is 4.72. The molecule has 0 heterocycles. The second-order valence-corrected chi connectivity index (χ2v) is 3.35. The standard InChI is InChI=1S/C11H14N2O2/c1-8(11(12)15)13-10(14)7-9-5-3-2-4-6-9/h2-6,8H,7H2,1H3,(H2,12,15)(H,13,14)/t8-/m1/s1. The van der Waals surface area contributed by atoms with Crippen molar-refractivity contribution in [2.75, 3.05) is 0 Å². The van der Waals surface area contributed by atoms with Crippen LogP contribution in [0.15, 0.2) is 30.3 Å². The number of rotatable bonds is 4. The van der Waals surface area contributed by atoms with E-state index in [0.29, 0.717) is 0 Å². The Morgan fingerprint density at radius 2 is 1.93 bits per heavy atom. The van der Waals surface area contributed by atoms with Crippen molar-refractivity contribution in [3.05, 3.63) is 35.9 Å². The number of carbonyl (C=O) groups is 2. The molecule has 0 fully saturated rings. The molecule has 1 atom stereocenters. The van der Waals surface area contributed by atoms with Crippen molar-refractivity contribution in [2.45, 2.75) is 19.4 Å². The van der Waals surface area contributed by atoms with Crippen molar-refractivity contribution in [2.24, 2.45) is 5.73 Å².